The number of amides is 1. The van der Waals surface area contributed by atoms with Crippen LogP contribution < -0.4 is 16.0 Å². The Bertz CT molecular complexity index is 1240. The highest BCUT2D eigenvalue weighted by Crippen LogP contribution is 2.35. The summed E-state index contributed by atoms with van der Waals surface area (Å²) in [6, 6.07) is 5.72. The first-order chi connectivity index (χ1) is 17.3. The minimum absolute atomic E-state index is 0.0952. The van der Waals surface area contributed by atoms with Crippen LogP contribution in [0, 0.1) is 0 Å². The van der Waals surface area contributed by atoms with Gasteiger partial charge in [-0.2, -0.15) is 18.3 Å². The molecule has 1 aliphatic heterocycles. The molecule has 2 fully saturated rings. The van der Waals surface area contributed by atoms with Gasteiger partial charge in [0.2, 0.25) is 0 Å². The van der Waals surface area contributed by atoms with E-state index in [1.54, 1.807) is 18.5 Å². The van der Waals surface area contributed by atoms with Gasteiger partial charge in [-0.1, -0.05) is 11.6 Å². The molecule has 1 saturated carbocycles. The van der Waals surface area contributed by atoms with Gasteiger partial charge in [0.1, 0.15) is 5.69 Å². The molecule has 5 rings (SSSR count). The maximum atomic E-state index is 13.5. The number of piperidine rings is 1. The molecule has 3 N–H and O–H groups in total. The summed E-state index contributed by atoms with van der Waals surface area (Å²) >= 11 is 6.12. The van der Waals surface area contributed by atoms with Crippen LogP contribution in [0.2, 0.25) is 5.02 Å². The van der Waals surface area contributed by atoms with E-state index in [1.165, 1.54) is 12.1 Å². The van der Waals surface area contributed by atoms with E-state index in [4.69, 9.17) is 11.6 Å². The maximum absolute atomic E-state index is 13.5. The van der Waals surface area contributed by atoms with Crippen molar-refractivity contribution in [2.75, 3.05) is 18.4 Å². The Morgan fingerprint density at radius 1 is 1.14 bits per heavy atom. The zero-order valence-electron chi connectivity index (χ0n) is 19.6. The number of hydrogen-bond donors (Lipinski definition) is 3. The molecule has 1 saturated heterocycles. The van der Waals surface area contributed by atoms with Crippen molar-refractivity contribution in [2.45, 2.75) is 62.8 Å². The molecular weight excluding hydrogens is 493 g/mol. The fourth-order valence-corrected chi connectivity index (χ4v) is 5.29. The summed E-state index contributed by atoms with van der Waals surface area (Å²) in [5, 5.41) is 15.1. The van der Waals surface area contributed by atoms with Crippen molar-refractivity contribution in [3.05, 3.63) is 52.9 Å². The molecule has 7 nitrogen and oxygen atoms in total. The first kappa shape index (κ1) is 24.8. The highest BCUT2D eigenvalue weighted by molar-refractivity contribution is 6.31. The minimum Gasteiger partial charge on any atom is -0.382 e. The van der Waals surface area contributed by atoms with E-state index in [9.17, 15) is 18.0 Å². The van der Waals surface area contributed by atoms with Crippen LogP contribution in [-0.2, 0) is 6.18 Å². The normalized spacial score (nSPS) is 22.9. The van der Waals surface area contributed by atoms with E-state index in [1.807, 2.05) is 4.68 Å². The van der Waals surface area contributed by atoms with Gasteiger partial charge in [0.15, 0.2) is 0 Å². The molecule has 0 unspecified atom stereocenters. The van der Waals surface area contributed by atoms with Gasteiger partial charge in [0, 0.05) is 40.9 Å². The van der Waals surface area contributed by atoms with Crippen LogP contribution in [0.15, 0.2) is 36.7 Å². The average molecular weight is 521 g/mol. The summed E-state index contributed by atoms with van der Waals surface area (Å²) in [5.41, 5.74) is 0.127. The summed E-state index contributed by atoms with van der Waals surface area (Å²) in [6.07, 6.45) is 3.94. The van der Waals surface area contributed by atoms with Crippen molar-refractivity contribution < 1.29 is 18.0 Å². The van der Waals surface area contributed by atoms with E-state index < -0.39 is 11.9 Å². The van der Waals surface area contributed by atoms with Gasteiger partial charge in [-0.3, -0.25) is 9.48 Å². The van der Waals surface area contributed by atoms with E-state index in [0.717, 1.165) is 51.3 Å². The molecule has 192 valence electrons. The van der Waals surface area contributed by atoms with Gasteiger partial charge < -0.3 is 16.0 Å². The number of halogens is 4. The van der Waals surface area contributed by atoms with Gasteiger partial charge in [0.05, 0.1) is 23.3 Å². The van der Waals surface area contributed by atoms with Crippen LogP contribution in [0.5, 0.6) is 0 Å². The number of rotatable bonds is 5. The Kier molecular flexibility index (Phi) is 7.07. The number of anilines is 1. The maximum Gasteiger partial charge on any atom is 0.433 e. The van der Waals surface area contributed by atoms with Crippen molar-refractivity contribution in [3.63, 3.8) is 0 Å². The monoisotopic (exact) mass is 520 g/mol. The van der Waals surface area contributed by atoms with Crippen molar-refractivity contribution in [3.8, 4) is 0 Å². The van der Waals surface area contributed by atoms with Gasteiger partial charge >= 0.3 is 6.18 Å². The molecule has 1 aromatic carbocycles. The van der Waals surface area contributed by atoms with E-state index in [2.05, 4.69) is 26.0 Å². The summed E-state index contributed by atoms with van der Waals surface area (Å²) in [7, 11) is 0. The fraction of sp³-hybridized carbons (Fsp3) is 0.480. The van der Waals surface area contributed by atoms with Crippen LogP contribution in [0.4, 0.5) is 18.9 Å². The number of nitrogens with one attached hydrogen (secondary N) is 3. The lowest BCUT2D eigenvalue weighted by atomic mass is 9.90. The minimum atomic E-state index is -4.56. The molecule has 11 heteroatoms. The molecular formula is C25H28ClF3N6O. The number of hydrogen-bond acceptors (Lipinski definition) is 5. The molecule has 2 aromatic heterocycles. The third-order valence-electron chi connectivity index (χ3n) is 6.94. The second-order valence-electron chi connectivity index (χ2n) is 9.60. The first-order valence-electron chi connectivity index (χ1n) is 12.3. The molecule has 3 aromatic rings. The van der Waals surface area contributed by atoms with E-state index in [-0.39, 0.29) is 29.5 Å². The lowest BCUT2D eigenvalue weighted by molar-refractivity contribution is -0.140. The number of alkyl halides is 3. The second kappa shape index (κ2) is 10.3. The molecule has 0 spiro atoms. The number of carbonyl (C=O) groups excluding carboxylic acids is 1. The molecule has 3 atom stereocenters. The predicted molar refractivity (Wildman–Crippen MR) is 132 cm³/mol. The van der Waals surface area contributed by atoms with Crippen LogP contribution in [0.3, 0.4) is 0 Å². The lowest BCUT2D eigenvalue weighted by Crippen LogP contribution is -2.41. The first-order valence-corrected chi connectivity index (χ1v) is 12.6. The number of pyridine rings is 1. The number of aromatic nitrogens is 3. The van der Waals surface area contributed by atoms with E-state index >= 15 is 0 Å². The van der Waals surface area contributed by atoms with Crippen LogP contribution in [0.1, 0.15) is 60.6 Å². The zero-order chi connectivity index (χ0) is 25.3. The Balaban J connectivity index is 1.27. The molecule has 2 aliphatic rings. The van der Waals surface area contributed by atoms with Crippen molar-refractivity contribution in [1.82, 2.24) is 25.4 Å². The number of nitrogens with zero attached hydrogens (tertiary/aromatic N) is 3. The average Bonchev–Trinajstić information content (AvgIpc) is 3.35. The van der Waals surface area contributed by atoms with Crippen LogP contribution in [0.25, 0.3) is 10.9 Å². The predicted octanol–water partition coefficient (Wildman–Crippen LogP) is 5.18. The standard InChI is InChI=1S/C25H28ClF3N6O/c26-16-6-7-21-20(9-16)22(11-23(34-21)25(27,28)29)32-17-3-1-4-18(10-17)33-24(36)15-12-31-35(14-15)19-5-2-8-30-13-19/h6-7,9,11-12,14,17-19,30H,1-5,8,10,13H2,(H,32,34)(H,33,36)/t17-,18+,19+/m0/s1. The van der Waals surface area contributed by atoms with Crippen LogP contribution >= 0.6 is 11.6 Å². The fourth-order valence-electron chi connectivity index (χ4n) is 5.12. The molecule has 0 radical (unpaired) electrons. The van der Waals surface area contributed by atoms with Gasteiger partial charge in [-0.05, 0) is 69.3 Å². The Hall–Kier alpha value is -2.85. The Labute approximate surface area is 211 Å². The lowest BCUT2D eigenvalue weighted by Gasteiger charge is -2.31. The van der Waals surface area contributed by atoms with Crippen LogP contribution in [-0.4, -0.2) is 45.8 Å². The summed E-state index contributed by atoms with van der Waals surface area (Å²) in [4.78, 5) is 16.7. The second-order valence-corrected chi connectivity index (χ2v) is 10.0. The molecule has 3 heterocycles. The molecule has 0 bridgehead atoms. The SMILES string of the molecule is O=C(N[C@@H]1CCC[C@H](Nc2cc(C(F)(F)F)nc3ccc(Cl)cc23)C1)c1cnn([C@@H]2CCCNC2)c1. The smallest absolute Gasteiger partial charge is 0.382 e. The van der Waals surface area contributed by atoms with Crippen molar-refractivity contribution in [1.29, 1.82) is 0 Å². The zero-order valence-corrected chi connectivity index (χ0v) is 20.4. The summed E-state index contributed by atoms with van der Waals surface area (Å²) in [5.74, 6) is -0.184. The third kappa shape index (κ3) is 5.59. The van der Waals surface area contributed by atoms with Gasteiger partial charge in [-0.25, -0.2) is 4.98 Å². The highest BCUT2D eigenvalue weighted by atomic mass is 35.5. The Morgan fingerprint density at radius 2 is 1.97 bits per heavy atom. The summed E-state index contributed by atoms with van der Waals surface area (Å²) in [6.45, 7) is 1.84. The van der Waals surface area contributed by atoms with Gasteiger partial charge in [-0.15, -0.1) is 0 Å². The number of fused-ring (bicyclic) bond motifs is 1. The van der Waals surface area contributed by atoms with Crippen molar-refractivity contribution >= 4 is 34.1 Å². The van der Waals surface area contributed by atoms with Crippen molar-refractivity contribution in [2.24, 2.45) is 0 Å². The van der Waals surface area contributed by atoms with Gasteiger partial charge in [0.25, 0.3) is 5.91 Å². The summed E-state index contributed by atoms with van der Waals surface area (Å²) < 4.78 is 42.3. The molecule has 1 amide bonds. The van der Waals surface area contributed by atoms with E-state index in [0.29, 0.717) is 28.1 Å². The molecule has 36 heavy (non-hydrogen) atoms. The quantitative estimate of drug-likeness (QED) is 0.432. The highest BCUT2D eigenvalue weighted by Gasteiger charge is 2.34. The largest absolute Gasteiger partial charge is 0.433 e. The number of benzene rings is 1. The number of carbonyl (C=O) groups is 1. The topological polar surface area (TPSA) is 83.9 Å². The Morgan fingerprint density at radius 3 is 2.75 bits per heavy atom. The third-order valence-corrected chi connectivity index (χ3v) is 7.17. The molecule has 1 aliphatic carbocycles.